The summed E-state index contributed by atoms with van der Waals surface area (Å²) >= 11 is 3.49. The van der Waals surface area contributed by atoms with Crippen LogP contribution >= 0.6 is 15.9 Å². The highest BCUT2D eigenvalue weighted by Gasteiger charge is 2.06. The van der Waals surface area contributed by atoms with Gasteiger partial charge in [0.1, 0.15) is 5.82 Å². The van der Waals surface area contributed by atoms with Gasteiger partial charge in [0.05, 0.1) is 5.69 Å². The Labute approximate surface area is 122 Å². The van der Waals surface area contributed by atoms with Crippen LogP contribution in [0.2, 0.25) is 0 Å². The number of halogens is 1. The molecule has 2 aromatic rings. The zero-order chi connectivity index (χ0) is 13.8. The number of hydrogen-bond acceptors (Lipinski definition) is 3. The van der Waals surface area contributed by atoms with Gasteiger partial charge in [-0.2, -0.15) is 0 Å². The summed E-state index contributed by atoms with van der Waals surface area (Å²) in [4.78, 5) is 9.10. The number of nitrogens with two attached hydrogens (primary N) is 1. The van der Waals surface area contributed by atoms with E-state index in [0.29, 0.717) is 0 Å². The van der Waals surface area contributed by atoms with E-state index >= 15 is 0 Å². The topological polar surface area (TPSA) is 51.8 Å². The standard InChI is InChI=1S/C15H18BrN3/c1-10(17)6-7-15-18-11(2)8-14(19-15)12-4-3-5-13(16)9-12/h3-5,8-10H,6-7,17H2,1-2H3. The van der Waals surface area contributed by atoms with Gasteiger partial charge < -0.3 is 5.73 Å². The lowest BCUT2D eigenvalue weighted by Crippen LogP contribution is -2.16. The van der Waals surface area contributed by atoms with E-state index in [1.807, 2.05) is 32.0 Å². The van der Waals surface area contributed by atoms with Crippen molar-refractivity contribution in [2.75, 3.05) is 0 Å². The van der Waals surface area contributed by atoms with Crippen molar-refractivity contribution in [1.82, 2.24) is 9.97 Å². The van der Waals surface area contributed by atoms with Crippen LogP contribution in [0.15, 0.2) is 34.8 Å². The third-order valence-corrected chi connectivity index (χ3v) is 3.34. The molecule has 1 aromatic carbocycles. The van der Waals surface area contributed by atoms with Gasteiger partial charge >= 0.3 is 0 Å². The van der Waals surface area contributed by atoms with Crippen LogP contribution in [0.3, 0.4) is 0 Å². The van der Waals surface area contributed by atoms with Gasteiger partial charge in [0.15, 0.2) is 0 Å². The van der Waals surface area contributed by atoms with E-state index in [9.17, 15) is 0 Å². The molecule has 0 aliphatic rings. The van der Waals surface area contributed by atoms with Crippen LogP contribution in [-0.4, -0.2) is 16.0 Å². The quantitative estimate of drug-likeness (QED) is 0.938. The fraction of sp³-hybridized carbons (Fsp3) is 0.333. The van der Waals surface area contributed by atoms with Crippen LogP contribution < -0.4 is 5.73 Å². The molecule has 2 N–H and O–H groups in total. The molecular weight excluding hydrogens is 302 g/mol. The van der Waals surface area contributed by atoms with Crippen molar-refractivity contribution in [3.8, 4) is 11.3 Å². The molecule has 0 aliphatic heterocycles. The number of rotatable bonds is 4. The van der Waals surface area contributed by atoms with Gasteiger partial charge in [-0.25, -0.2) is 9.97 Å². The molecule has 0 spiro atoms. The molecule has 0 saturated heterocycles. The van der Waals surface area contributed by atoms with E-state index in [0.717, 1.165) is 40.1 Å². The zero-order valence-corrected chi connectivity index (χ0v) is 12.8. The number of nitrogens with zero attached hydrogens (tertiary/aromatic N) is 2. The van der Waals surface area contributed by atoms with Crippen LogP contribution in [0, 0.1) is 6.92 Å². The molecule has 4 heteroatoms. The van der Waals surface area contributed by atoms with Crippen LogP contribution in [0.1, 0.15) is 24.9 Å². The molecule has 0 saturated carbocycles. The lowest BCUT2D eigenvalue weighted by Gasteiger charge is -2.08. The zero-order valence-electron chi connectivity index (χ0n) is 11.2. The number of hydrogen-bond donors (Lipinski definition) is 1. The maximum atomic E-state index is 5.79. The van der Waals surface area contributed by atoms with Crippen molar-refractivity contribution in [1.29, 1.82) is 0 Å². The summed E-state index contributed by atoms with van der Waals surface area (Å²) in [6.07, 6.45) is 1.72. The summed E-state index contributed by atoms with van der Waals surface area (Å²) < 4.78 is 1.05. The molecule has 1 unspecified atom stereocenters. The molecule has 0 amide bonds. The Morgan fingerprint density at radius 2 is 2.05 bits per heavy atom. The van der Waals surface area contributed by atoms with E-state index in [1.54, 1.807) is 0 Å². The maximum absolute atomic E-state index is 5.79. The van der Waals surface area contributed by atoms with Gasteiger partial charge in [-0.05, 0) is 38.5 Å². The molecule has 0 fully saturated rings. The first-order valence-electron chi connectivity index (χ1n) is 6.40. The normalized spacial score (nSPS) is 12.4. The van der Waals surface area contributed by atoms with E-state index in [2.05, 4.69) is 38.0 Å². The highest BCUT2D eigenvalue weighted by atomic mass is 79.9. The first-order chi connectivity index (χ1) is 9.04. The van der Waals surface area contributed by atoms with Crippen LogP contribution in [-0.2, 0) is 6.42 Å². The SMILES string of the molecule is Cc1cc(-c2cccc(Br)c2)nc(CCC(C)N)n1. The molecular formula is C15H18BrN3. The van der Waals surface area contributed by atoms with Crippen molar-refractivity contribution >= 4 is 15.9 Å². The van der Waals surface area contributed by atoms with Gasteiger partial charge in [0, 0.05) is 28.2 Å². The smallest absolute Gasteiger partial charge is 0.129 e. The van der Waals surface area contributed by atoms with Gasteiger partial charge in [0.25, 0.3) is 0 Å². The Morgan fingerprint density at radius 3 is 2.74 bits per heavy atom. The minimum atomic E-state index is 0.179. The molecule has 0 bridgehead atoms. The first kappa shape index (κ1) is 14.2. The van der Waals surface area contributed by atoms with E-state index < -0.39 is 0 Å². The largest absolute Gasteiger partial charge is 0.328 e. The Kier molecular flexibility index (Phi) is 4.66. The maximum Gasteiger partial charge on any atom is 0.129 e. The van der Waals surface area contributed by atoms with Crippen molar-refractivity contribution in [2.24, 2.45) is 5.73 Å². The van der Waals surface area contributed by atoms with Crippen LogP contribution in [0.25, 0.3) is 11.3 Å². The highest BCUT2D eigenvalue weighted by molar-refractivity contribution is 9.10. The predicted molar refractivity (Wildman–Crippen MR) is 81.9 cm³/mol. The molecule has 0 radical (unpaired) electrons. The Hall–Kier alpha value is -1.26. The molecule has 0 aliphatic carbocycles. The van der Waals surface area contributed by atoms with Gasteiger partial charge in [-0.3, -0.25) is 0 Å². The van der Waals surface area contributed by atoms with E-state index in [1.165, 1.54) is 0 Å². The lowest BCUT2D eigenvalue weighted by atomic mass is 10.1. The summed E-state index contributed by atoms with van der Waals surface area (Å²) in [5.74, 6) is 0.868. The van der Waals surface area contributed by atoms with Crippen molar-refractivity contribution in [2.45, 2.75) is 32.7 Å². The fourth-order valence-electron chi connectivity index (χ4n) is 1.89. The monoisotopic (exact) mass is 319 g/mol. The van der Waals surface area contributed by atoms with Gasteiger partial charge in [0.2, 0.25) is 0 Å². The third kappa shape index (κ3) is 4.11. The molecule has 1 aromatic heterocycles. The molecule has 2 rings (SSSR count). The summed E-state index contributed by atoms with van der Waals surface area (Å²) in [5, 5.41) is 0. The number of benzene rings is 1. The highest BCUT2D eigenvalue weighted by Crippen LogP contribution is 2.22. The average molecular weight is 320 g/mol. The summed E-state index contributed by atoms with van der Waals surface area (Å²) in [7, 11) is 0. The van der Waals surface area contributed by atoms with Crippen LogP contribution in [0.5, 0.6) is 0 Å². The van der Waals surface area contributed by atoms with Crippen molar-refractivity contribution in [3.05, 3.63) is 46.3 Å². The summed E-state index contributed by atoms with van der Waals surface area (Å²) in [6, 6.07) is 10.3. The average Bonchev–Trinajstić information content (AvgIpc) is 2.36. The molecule has 1 heterocycles. The van der Waals surface area contributed by atoms with Crippen LogP contribution in [0.4, 0.5) is 0 Å². The second-order valence-electron chi connectivity index (χ2n) is 4.84. The Bertz CT molecular complexity index is 567. The Morgan fingerprint density at radius 1 is 1.26 bits per heavy atom. The summed E-state index contributed by atoms with van der Waals surface area (Å²) in [6.45, 7) is 4.00. The minimum Gasteiger partial charge on any atom is -0.328 e. The number of aryl methyl sites for hydroxylation is 2. The van der Waals surface area contributed by atoms with Gasteiger partial charge in [-0.1, -0.05) is 28.1 Å². The third-order valence-electron chi connectivity index (χ3n) is 2.84. The minimum absolute atomic E-state index is 0.179. The van der Waals surface area contributed by atoms with E-state index in [4.69, 9.17) is 5.73 Å². The Balaban J connectivity index is 2.31. The number of aromatic nitrogens is 2. The van der Waals surface area contributed by atoms with Gasteiger partial charge in [-0.15, -0.1) is 0 Å². The first-order valence-corrected chi connectivity index (χ1v) is 7.20. The fourth-order valence-corrected chi connectivity index (χ4v) is 2.29. The molecule has 3 nitrogen and oxygen atoms in total. The predicted octanol–water partition coefficient (Wildman–Crippen LogP) is 3.49. The van der Waals surface area contributed by atoms with E-state index in [-0.39, 0.29) is 6.04 Å². The lowest BCUT2D eigenvalue weighted by molar-refractivity contribution is 0.647. The second kappa shape index (κ2) is 6.26. The molecule has 100 valence electrons. The second-order valence-corrected chi connectivity index (χ2v) is 5.75. The van der Waals surface area contributed by atoms with Crippen molar-refractivity contribution in [3.63, 3.8) is 0 Å². The van der Waals surface area contributed by atoms with Crippen molar-refractivity contribution < 1.29 is 0 Å². The summed E-state index contributed by atoms with van der Waals surface area (Å²) in [5.41, 5.74) is 8.84. The molecule has 19 heavy (non-hydrogen) atoms. The molecule has 1 atom stereocenters.